The van der Waals surface area contributed by atoms with Gasteiger partial charge >= 0.3 is 0 Å². The van der Waals surface area contributed by atoms with Crippen molar-refractivity contribution >= 4 is 5.91 Å². The van der Waals surface area contributed by atoms with E-state index in [9.17, 15) is 9.18 Å². The lowest BCUT2D eigenvalue weighted by Crippen LogP contribution is -2.39. The Kier molecular flexibility index (Phi) is 4.30. The zero-order valence-electron chi connectivity index (χ0n) is 13.8. The van der Waals surface area contributed by atoms with E-state index in [2.05, 4.69) is 15.2 Å². The number of pyridine rings is 1. The molecule has 1 aliphatic heterocycles. The summed E-state index contributed by atoms with van der Waals surface area (Å²) in [4.78, 5) is 18.5. The monoisotopic (exact) mass is 353 g/mol. The number of hydrogen-bond donors (Lipinski definition) is 0. The minimum Gasteiger partial charge on any atom is -0.468 e. The Bertz CT molecular complexity index is 915. The van der Waals surface area contributed by atoms with Gasteiger partial charge in [-0.2, -0.15) is 10.2 Å². The van der Waals surface area contributed by atoms with Gasteiger partial charge in [-0.15, -0.1) is 0 Å². The Morgan fingerprint density at radius 3 is 2.88 bits per heavy atom. The summed E-state index contributed by atoms with van der Waals surface area (Å²) in [5.41, 5.74) is 1.43. The van der Waals surface area contributed by atoms with Gasteiger partial charge in [-0.1, -0.05) is 0 Å². The average Bonchev–Trinajstić information content (AvgIpc) is 3.02. The van der Waals surface area contributed by atoms with Gasteiger partial charge in [0.1, 0.15) is 6.10 Å². The first-order valence-electron chi connectivity index (χ1n) is 8.18. The molecule has 1 amide bonds. The molecule has 1 atom stereocenters. The molecule has 8 heteroatoms. The van der Waals surface area contributed by atoms with Gasteiger partial charge in [0.15, 0.2) is 5.82 Å². The highest BCUT2D eigenvalue weighted by molar-refractivity contribution is 5.93. The van der Waals surface area contributed by atoms with E-state index < -0.39 is 11.9 Å². The van der Waals surface area contributed by atoms with Crippen LogP contribution in [0.5, 0.6) is 5.88 Å². The molecule has 26 heavy (non-hydrogen) atoms. The predicted octanol–water partition coefficient (Wildman–Crippen LogP) is 1.92. The summed E-state index contributed by atoms with van der Waals surface area (Å²) in [7, 11) is 0. The maximum Gasteiger partial charge on any atom is 0.256 e. The SMILES string of the molecule is O=C(c1ccnnc1)N1Cc2cccn2C[C@H](Oc2ncccc2F)C1. The first-order chi connectivity index (χ1) is 12.7. The third-order valence-electron chi connectivity index (χ3n) is 4.22. The summed E-state index contributed by atoms with van der Waals surface area (Å²) in [5, 5.41) is 7.46. The van der Waals surface area contributed by atoms with Crippen LogP contribution in [-0.2, 0) is 13.1 Å². The largest absolute Gasteiger partial charge is 0.468 e. The highest BCUT2D eigenvalue weighted by atomic mass is 19.1. The van der Waals surface area contributed by atoms with Crippen LogP contribution in [0.1, 0.15) is 16.1 Å². The van der Waals surface area contributed by atoms with Crippen molar-refractivity contribution in [2.75, 3.05) is 6.54 Å². The number of carbonyl (C=O) groups is 1. The Morgan fingerprint density at radius 2 is 2.08 bits per heavy atom. The van der Waals surface area contributed by atoms with Gasteiger partial charge in [-0.25, -0.2) is 9.37 Å². The molecule has 0 saturated carbocycles. The van der Waals surface area contributed by atoms with Gasteiger partial charge < -0.3 is 14.2 Å². The molecular weight excluding hydrogens is 337 g/mol. The lowest BCUT2D eigenvalue weighted by atomic mass is 10.2. The fourth-order valence-electron chi connectivity index (χ4n) is 3.00. The van der Waals surface area contributed by atoms with Crippen LogP contribution in [-0.4, -0.2) is 43.2 Å². The van der Waals surface area contributed by atoms with E-state index in [-0.39, 0.29) is 11.8 Å². The third kappa shape index (κ3) is 3.26. The number of ether oxygens (including phenoxy) is 1. The molecule has 0 radical (unpaired) electrons. The number of carbonyl (C=O) groups excluding carboxylic acids is 1. The van der Waals surface area contributed by atoms with Crippen LogP contribution in [0, 0.1) is 5.82 Å². The number of amides is 1. The van der Waals surface area contributed by atoms with Gasteiger partial charge in [0.05, 0.1) is 37.6 Å². The van der Waals surface area contributed by atoms with Crippen LogP contribution < -0.4 is 4.74 Å². The molecule has 0 fully saturated rings. The van der Waals surface area contributed by atoms with Crippen molar-refractivity contribution in [1.29, 1.82) is 0 Å². The smallest absolute Gasteiger partial charge is 0.256 e. The van der Waals surface area contributed by atoms with Gasteiger partial charge in [0.2, 0.25) is 0 Å². The molecule has 0 spiro atoms. The minimum atomic E-state index is -0.527. The summed E-state index contributed by atoms with van der Waals surface area (Å²) in [6, 6.07) is 8.29. The van der Waals surface area contributed by atoms with Crippen LogP contribution >= 0.6 is 0 Å². The van der Waals surface area contributed by atoms with E-state index in [1.807, 2.05) is 22.9 Å². The van der Waals surface area contributed by atoms with E-state index in [0.717, 1.165) is 5.69 Å². The minimum absolute atomic E-state index is 0.0638. The molecule has 4 rings (SSSR count). The van der Waals surface area contributed by atoms with Crippen LogP contribution in [0.4, 0.5) is 4.39 Å². The summed E-state index contributed by atoms with van der Waals surface area (Å²) >= 11 is 0. The standard InChI is InChI=1S/C18H16FN5O2/c19-16-4-1-6-20-17(16)26-15-11-23-8-2-3-14(23)10-24(12-15)18(25)13-5-7-21-22-9-13/h1-9,15H,10-12H2/t15-/m0/s1. The molecule has 0 aliphatic carbocycles. The lowest BCUT2D eigenvalue weighted by Gasteiger charge is -2.24. The number of halogens is 1. The van der Waals surface area contributed by atoms with Gasteiger partial charge in [-0.3, -0.25) is 4.79 Å². The Morgan fingerprint density at radius 1 is 1.15 bits per heavy atom. The van der Waals surface area contributed by atoms with Crippen LogP contribution in [0.15, 0.2) is 55.1 Å². The molecular formula is C18H16FN5O2. The van der Waals surface area contributed by atoms with E-state index >= 15 is 0 Å². The molecule has 3 aromatic heterocycles. The van der Waals surface area contributed by atoms with Crippen LogP contribution in [0.3, 0.4) is 0 Å². The molecule has 0 bridgehead atoms. The topological polar surface area (TPSA) is 73.1 Å². The Balaban J connectivity index is 1.61. The van der Waals surface area contributed by atoms with E-state index in [1.54, 1.807) is 11.0 Å². The maximum atomic E-state index is 13.9. The van der Waals surface area contributed by atoms with Gasteiger partial charge in [0, 0.05) is 18.1 Å². The Hall–Kier alpha value is -3.29. The van der Waals surface area contributed by atoms with E-state index in [1.165, 1.54) is 30.7 Å². The number of aromatic nitrogens is 4. The van der Waals surface area contributed by atoms with Crippen LogP contribution in [0.2, 0.25) is 0 Å². The fraction of sp³-hybridized carbons (Fsp3) is 0.222. The van der Waals surface area contributed by atoms with Crippen molar-refractivity contribution in [2.24, 2.45) is 0 Å². The highest BCUT2D eigenvalue weighted by Gasteiger charge is 2.27. The zero-order valence-corrected chi connectivity index (χ0v) is 13.8. The molecule has 132 valence electrons. The molecule has 3 aromatic rings. The van der Waals surface area contributed by atoms with Crippen molar-refractivity contribution in [3.05, 3.63) is 72.2 Å². The van der Waals surface area contributed by atoms with Crippen molar-refractivity contribution in [1.82, 2.24) is 24.6 Å². The van der Waals surface area contributed by atoms with Crippen molar-refractivity contribution in [3.8, 4) is 5.88 Å². The van der Waals surface area contributed by atoms with Gasteiger partial charge in [-0.05, 0) is 30.3 Å². The first-order valence-corrected chi connectivity index (χ1v) is 8.18. The fourth-order valence-corrected chi connectivity index (χ4v) is 3.00. The molecule has 0 aromatic carbocycles. The van der Waals surface area contributed by atoms with Crippen molar-refractivity contribution < 1.29 is 13.9 Å². The second-order valence-corrected chi connectivity index (χ2v) is 6.00. The summed E-state index contributed by atoms with van der Waals surface area (Å²) < 4.78 is 21.7. The highest BCUT2D eigenvalue weighted by Crippen LogP contribution is 2.20. The zero-order chi connectivity index (χ0) is 17.9. The number of hydrogen-bond acceptors (Lipinski definition) is 5. The second kappa shape index (κ2) is 6.91. The van der Waals surface area contributed by atoms with E-state index in [4.69, 9.17) is 4.74 Å². The summed E-state index contributed by atoms with van der Waals surface area (Å²) in [5.74, 6) is -0.767. The Labute approximate surface area is 149 Å². The first kappa shape index (κ1) is 16.2. The summed E-state index contributed by atoms with van der Waals surface area (Å²) in [6.45, 7) is 1.23. The molecule has 7 nitrogen and oxygen atoms in total. The predicted molar refractivity (Wildman–Crippen MR) is 89.8 cm³/mol. The third-order valence-corrected chi connectivity index (χ3v) is 4.22. The quantitative estimate of drug-likeness (QED) is 0.719. The van der Waals surface area contributed by atoms with Crippen molar-refractivity contribution in [3.63, 3.8) is 0 Å². The van der Waals surface area contributed by atoms with E-state index in [0.29, 0.717) is 25.2 Å². The summed E-state index contributed by atoms with van der Waals surface area (Å²) in [6.07, 6.45) is 5.86. The number of nitrogens with zero attached hydrogens (tertiary/aromatic N) is 5. The average molecular weight is 353 g/mol. The molecule has 0 saturated heterocycles. The van der Waals surface area contributed by atoms with Gasteiger partial charge in [0.25, 0.3) is 11.8 Å². The normalized spacial score (nSPS) is 16.7. The molecule has 1 aliphatic rings. The lowest BCUT2D eigenvalue weighted by molar-refractivity contribution is 0.0640. The van der Waals surface area contributed by atoms with Crippen molar-refractivity contribution in [2.45, 2.75) is 19.2 Å². The maximum absolute atomic E-state index is 13.9. The second-order valence-electron chi connectivity index (χ2n) is 6.00. The number of rotatable bonds is 3. The molecule has 0 N–H and O–H groups in total. The molecule has 0 unspecified atom stereocenters. The number of fused-ring (bicyclic) bond motifs is 1. The van der Waals surface area contributed by atoms with Crippen LogP contribution in [0.25, 0.3) is 0 Å². The molecule has 4 heterocycles.